The highest BCUT2D eigenvalue weighted by Gasteiger charge is 2.61. The third-order valence-electron chi connectivity index (χ3n) is 5.87. The molecule has 0 aliphatic carbocycles. The predicted molar refractivity (Wildman–Crippen MR) is 113 cm³/mol. The maximum atomic E-state index is 13.5. The Hall–Kier alpha value is -3.51. The van der Waals surface area contributed by atoms with E-state index < -0.39 is 21.5 Å². The number of benzene rings is 1. The van der Waals surface area contributed by atoms with Crippen LogP contribution >= 0.6 is 0 Å². The highest BCUT2D eigenvalue weighted by molar-refractivity contribution is 7.89. The zero-order valence-electron chi connectivity index (χ0n) is 17.4. The largest absolute Gasteiger partial charge is 0.483 e. The van der Waals surface area contributed by atoms with Gasteiger partial charge in [-0.3, -0.25) is 19.0 Å². The number of carboxylic acid groups (broad SMARTS) is 1. The number of aromatic nitrogens is 4. The van der Waals surface area contributed by atoms with Gasteiger partial charge in [0.25, 0.3) is 6.47 Å². The number of sulfonamides is 1. The van der Waals surface area contributed by atoms with Crippen LogP contribution in [0.3, 0.4) is 0 Å². The van der Waals surface area contributed by atoms with Gasteiger partial charge in [0.1, 0.15) is 4.90 Å². The number of fused-ring (bicyclic) bond motifs is 2. The van der Waals surface area contributed by atoms with E-state index in [9.17, 15) is 13.2 Å². The molecule has 2 aliphatic rings. The molecule has 0 saturated carbocycles. The number of nitrogens with one attached hydrogen (secondary N) is 1. The molecule has 12 heteroatoms. The molecule has 4 heterocycles. The van der Waals surface area contributed by atoms with Crippen molar-refractivity contribution in [3.05, 3.63) is 60.2 Å². The summed E-state index contributed by atoms with van der Waals surface area (Å²) in [5, 5.41) is 18.1. The minimum atomic E-state index is -3.86. The van der Waals surface area contributed by atoms with Gasteiger partial charge in [-0.1, -0.05) is 18.2 Å². The van der Waals surface area contributed by atoms with Crippen molar-refractivity contribution in [2.45, 2.75) is 22.8 Å². The fraction of sp³-hybridized carbons (Fsp3) is 0.300. The molecule has 0 bridgehead atoms. The van der Waals surface area contributed by atoms with E-state index in [-0.39, 0.29) is 23.8 Å². The Morgan fingerprint density at radius 1 is 1.16 bits per heavy atom. The number of rotatable bonds is 3. The van der Waals surface area contributed by atoms with Crippen molar-refractivity contribution >= 4 is 28.1 Å². The van der Waals surface area contributed by atoms with E-state index in [1.165, 1.54) is 21.4 Å². The predicted octanol–water partition coefficient (Wildman–Crippen LogP) is 0.880. The van der Waals surface area contributed by atoms with E-state index in [1.54, 1.807) is 31.2 Å². The number of carbonyl (C=O) groups is 2. The van der Waals surface area contributed by atoms with Gasteiger partial charge in [-0.25, -0.2) is 8.42 Å². The molecule has 0 radical (unpaired) electrons. The summed E-state index contributed by atoms with van der Waals surface area (Å²) in [7, 11) is -0.420. The Balaban J connectivity index is 0.000000775. The summed E-state index contributed by atoms with van der Waals surface area (Å²) >= 11 is 0. The number of nitrogens with zero attached hydrogens (tertiary/aromatic N) is 5. The Morgan fingerprint density at radius 3 is 2.44 bits per heavy atom. The number of carbonyl (C=O) groups excluding carboxylic acids is 1. The fourth-order valence-electron chi connectivity index (χ4n) is 4.61. The molecule has 1 fully saturated rings. The van der Waals surface area contributed by atoms with Gasteiger partial charge >= 0.3 is 0 Å². The van der Waals surface area contributed by atoms with Crippen LogP contribution in [0, 0.1) is 0 Å². The van der Waals surface area contributed by atoms with Crippen molar-refractivity contribution in [1.29, 1.82) is 0 Å². The van der Waals surface area contributed by atoms with Gasteiger partial charge in [-0.2, -0.15) is 14.5 Å². The van der Waals surface area contributed by atoms with Crippen molar-refractivity contribution in [2.24, 2.45) is 14.1 Å². The maximum Gasteiger partial charge on any atom is 0.290 e. The minimum Gasteiger partial charge on any atom is -0.483 e. The summed E-state index contributed by atoms with van der Waals surface area (Å²) in [5.74, 6) is -0.184. The van der Waals surface area contributed by atoms with E-state index >= 15 is 0 Å². The summed E-state index contributed by atoms with van der Waals surface area (Å²) in [6, 6.07) is 6.78. The number of amides is 1. The molecule has 2 aromatic heterocycles. The van der Waals surface area contributed by atoms with Gasteiger partial charge in [0.15, 0.2) is 0 Å². The van der Waals surface area contributed by atoms with E-state index in [0.29, 0.717) is 12.0 Å². The first kappa shape index (κ1) is 21.7. The van der Waals surface area contributed by atoms with Crippen molar-refractivity contribution in [3.8, 4) is 0 Å². The smallest absolute Gasteiger partial charge is 0.290 e. The number of hydrogen-bond donors (Lipinski definition) is 2. The summed E-state index contributed by atoms with van der Waals surface area (Å²) in [4.78, 5) is 21.8. The van der Waals surface area contributed by atoms with E-state index in [0.717, 1.165) is 11.3 Å². The van der Waals surface area contributed by atoms with Crippen LogP contribution in [-0.4, -0.2) is 56.3 Å². The first-order chi connectivity index (χ1) is 15.3. The Kier molecular flexibility index (Phi) is 5.34. The minimum absolute atomic E-state index is 0.109. The second-order valence-corrected chi connectivity index (χ2v) is 9.53. The molecule has 2 N–H and O–H groups in total. The molecule has 1 aromatic carbocycles. The molecule has 0 unspecified atom stereocenters. The number of hydrogen-bond acceptors (Lipinski definition) is 6. The van der Waals surface area contributed by atoms with Crippen LogP contribution < -0.4 is 5.32 Å². The fourth-order valence-corrected chi connectivity index (χ4v) is 6.26. The lowest BCUT2D eigenvalue weighted by atomic mass is 9.73. The average molecular weight is 459 g/mol. The Bertz CT molecular complexity index is 1280. The van der Waals surface area contributed by atoms with Gasteiger partial charge in [-0.15, -0.1) is 0 Å². The molecule has 11 nitrogen and oxygen atoms in total. The second kappa shape index (κ2) is 7.88. The third kappa shape index (κ3) is 3.19. The standard InChI is InChI=1S/C19H20N6O3S.CH2O2/c1-23-11-13(9-20-23)17-19(15-5-3-4-6-16(15)22-18(19)26)7-8-25(17)29(27,28)14-10-21-24(2)12-14;2-1-3/h3-6,9-12,17H,7-8H2,1-2H3,(H,22,26);1H,(H,2,3)/t17-,19+;/m0./s1. The van der Waals surface area contributed by atoms with Gasteiger partial charge in [0.05, 0.1) is 23.9 Å². The highest BCUT2D eigenvalue weighted by Crippen LogP contribution is 2.55. The molecule has 168 valence electrons. The number of para-hydroxylation sites is 1. The Labute approximate surface area is 184 Å². The van der Waals surface area contributed by atoms with Crippen LogP contribution in [0.1, 0.15) is 23.6 Å². The molecule has 5 rings (SSSR count). The van der Waals surface area contributed by atoms with Crippen LogP contribution in [0.25, 0.3) is 0 Å². The molecule has 1 spiro atoms. The maximum absolute atomic E-state index is 13.5. The summed E-state index contributed by atoms with van der Waals surface area (Å²) in [5.41, 5.74) is 1.23. The van der Waals surface area contributed by atoms with E-state index in [1.807, 2.05) is 24.3 Å². The van der Waals surface area contributed by atoms with Gasteiger partial charge in [-0.05, 0) is 18.1 Å². The molecule has 3 aromatic rings. The molecule has 1 saturated heterocycles. The van der Waals surface area contributed by atoms with Crippen LogP contribution in [0.2, 0.25) is 0 Å². The lowest BCUT2D eigenvalue weighted by molar-refractivity contribution is -0.123. The zero-order valence-corrected chi connectivity index (χ0v) is 18.2. The van der Waals surface area contributed by atoms with Crippen molar-refractivity contribution < 1.29 is 23.1 Å². The first-order valence-corrected chi connectivity index (χ1v) is 11.2. The second-order valence-electron chi connectivity index (χ2n) is 7.64. The van der Waals surface area contributed by atoms with Crippen LogP contribution in [0.15, 0.2) is 53.9 Å². The van der Waals surface area contributed by atoms with Gasteiger partial charge < -0.3 is 10.4 Å². The topological polar surface area (TPSA) is 139 Å². The number of aryl methyl sites for hydroxylation is 2. The van der Waals surface area contributed by atoms with E-state index in [4.69, 9.17) is 9.90 Å². The molecule has 32 heavy (non-hydrogen) atoms. The quantitative estimate of drug-likeness (QED) is 0.555. The molecular weight excluding hydrogens is 436 g/mol. The lowest BCUT2D eigenvalue weighted by Gasteiger charge is -2.32. The molecular formula is C20H22N6O5S. The molecule has 2 atom stereocenters. The van der Waals surface area contributed by atoms with Crippen molar-refractivity contribution in [3.63, 3.8) is 0 Å². The van der Waals surface area contributed by atoms with Crippen LogP contribution in [0.5, 0.6) is 0 Å². The molecule has 1 amide bonds. The van der Waals surface area contributed by atoms with Crippen LogP contribution in [-0.2, 0) is 39.1 Å². The molecule has 2 aliphatic heterocycles. The summed E-state index contributed by atoms with van der Waals surface area (Å²) in [6.07, 6.45) is 6.61. The van der Waals surface area contributed by atoms with Crippen LogP contribution in [0.4, 0.5) is 5.69 Å². The number of anilines is 1. The normalized spacial score (nSPS) is 22.3. The summed E-state index contributed by atoms with van der Waals surface area (Å²) in [6.45, 7) is -0.0292. The Morgan fingerprint density at radius 2 is 1.81 bits per heavy atom. The third-order valence-corrected chi connectivity index (χ3v) is 7.69. The zero-order chi connectivity index (χ0) is 23.1. The van der Waals surface area contributed by atoms with Gasteiger partial charge in [0.2, 0.25) is 15.9 Å². The summed E-state index contributed by atoms with van der Waals surface area (Å²) < 4.78 is 31.5. The van der Waals surface area contributed by atoms with Gasteiger partial charge in [0, 0.05) is 44.3 Å². The monoisotopic (exact) mass is 458 g/mol. The SMILES string of the molecule is Cn1cc([C@@H]2N(S(=O)(=O)c3cnn(C)c3)CC[C@]23C(=O)Nc2ccccc23)cn1.O=CO. The lowest BCUT2D eigenvalue weighted by Crippen LogP contribution is -2.42. The first-order valence-electron chi connectivity index (χ1n) is 9.73. The average Bonchev–Trinajstić information content (AvgIpc) is 3.51. The highest BCUT2D eigenvalue weighted by atomic mass is 32.2. The van der Waals surface area contributed by atoms with Crippen molar-refractivity contribution in [2.75, 3.05) is 11.9 Å². The van der Waals surface area contributed by atoms with E-state index in [2.05, 4.69) is 15.5 Å². The van der Waals surface area contributed by atoms with Crippen molar-refractivity contribution in [1.82, 2.24) is 23.9 Å².